The van der Waals surface area contributed by atoms with Crippen molar-refractivity contribution in [2.24, 2.45) is 5.92 Å². The molecule has 1 saturated heterocycles. The molecule has 1 heterocycles. The van der Waals surface area contributed by atoms with E-state index in [0.29, 0.717) is 12.3 Å². The number of carbonyl (C=O) groups is 2. The Morgan fingerprint density at radius 2 is 2.21 bits per heavy atom. The average molecular weight is 198 g/mol. The Bertz CT molecular complexity index is 267. The zero-order valence-electron chi connectivity index (χ0n) is 7.82. The Labute approximate surface area is 81.9 Å². The lowest BCUT2D eigenvalue weighted by Crippen LogP contribution is -2.47. The Morgan fingerprint density at radius 3 is 2.93 bits per heavy atom. The van der Waals surface area contributed by atoms with Gasteiger partial charge in [0, 0.05) is 6.04 Å². The van der Waals surface area contributed by atoms with Gasteiger partial charge in [0.15, 0.2) is 0 Å². The summed E-state index contributed by atoms with van der Waals surface area (Å²) in [6.45, 7) is 0. The van der Waals surface area contributed by atoms with Gasteiger partial charge in [0.25, 0.3) is 0 Å². The number of fused-ring (bicyclic) bond motifs is 2. The molecule has 3 atom stereocenters. The zero-order valence-corrected chi connectivity index (χ0v) is 7.82. The number of carboxylic acid groups (broad SMARTS) is 1. The molecule has 0 unspecified atom stereocenters. The summed E-state index contributed by atoms with van der Waals surface area (Å²) in [6.07, 6.45) is 2.67. The molecule has 2 aliphatic rings. The number of carbonyl (C=O) groups excluding carboxylic acids is 1. The first-order valence-electron chi connectivity index (χ1n) is 4.95. The van der Waals surface area contributed by atoms with E-state index in [0.717, 1.165) is 19.3 Å². The van der Waals surface area contributed by atoms with E-state index in [1.807, 2.05) is 0 Å². The molecule has 0 aromatic heterocycles. The topological polar surface area (TPSA) is 78.4 Å². The smallest absolute Gasteiger partial charge is 0.405 e. The van der Waals surface area contributed by atoms with Gasteiger partial charge in [-0.1, -0.05) is 0 Å². The van der Waals surface area contributed by atoms with E-state index in [4.69, 9.17) is 5.11 Å². The summed E-state index contributed by atoms with van der Waals surface area (Å²) in [7, 11) is 0. The zero-order chi connectivity index (χ0) is 10.1. The lowest BCUT2D eigenvalue weighted by Gasteiger charge is -2.18. The van der Waals surface area contributed by atoms with Crippen molar-refractivity contribution in [3.63, 3.8) is 0 Å². The SMILES string of the molecule is O=C(O)N[C@@H]1C[C@H]2CC[C@H](C2)NC1=O. The van der Waals surface area contributed by atoms with Crippen molar-refractivity contribution in [1.82, 2.24) is 10.6 Å². The maximum Gasteiger partial charge on any atom is 0.405 e. The van der Waals surface area contributed by atoms with E-state index < -0.39 is 12.1 Å². The molecule has 0 aromatic carbocycles. The average Bonchev–Trinajstić information content (AvgIpc) is 2.43. The van der Waals surface area contributed by atoms with Crippen LogP contribution in [0, 0.1) is 5.92 Å². The van der Waals surface area contributed by atoms with Gasteiger partial charge < -0.3 is 15.7 Å². The molecule has 0 spiro atoms. The van der Waals surface area contributed by atoms with Crippen molar-refractivity contribution in [1.29, 1.82) is 0 Å². The summed E-state index contributed by atoms with van der Waals surface area (Å²) in [5, 5.41) is 13.7. The number of nitrogens with one attached hydrogen (secondary N) is 2. The molecule has 5 heteroatoms. The molecule has 14 heavy (non-hydrogen) atoms. The highest BCUT2D eigenvalue weighted by Gasteiger charge is 2.35. The Balaban J connectivity index is 2.03. The largest absolute Gasteiger partial charge is 0.465 e. The maximum atomic E-state index is 11.5. The highest BCUT2D eigenvalue weighted by Crippen LogP contribution is 2.31. The van der Waals surface area contributed by atoms with Crippen molar-refractivity contribution in [2.45, 2.75) is 37.8 Å². The molecule has 2 amide bonds. The van der Waals surface area contributed by atoms with E-state index in [1.165, 1.54) is 0 Å². The Morgan fingerprint density at radius 1 is 1.43 bits per heavy atom. The van der Waals surface area contributed by atoms with Gasteiger partial charge in [-0.2, -0.15) is 0 Å². The third-order valence-corrected chi connectivity index (χ3v) is 3.07. The van der Waals surface area contributed by atoms with Gasteiger partial charge in [-0.05, 0) is 31.6 Å². The monoisotopic (exact) mass is 198 g/mol. The lowest BCUT2D eigenvalue weighted by atomic mass is 9.99. The normalized spacial score (nSPS) is 36.0. The summed E-state index contributed by atoms with van der Waals surface area (Å²) in [5.74, 6) is 0.329. The quantitative estimate of drug-likeness (QED) is 0.567. The van der Waals surface area contributed by atoms with Crippen LogP contribution in [-0.4, -0.2) is 29.2 Å². The third-order valence-electron chi connectivity index (χ3n) is 3.07. The molecule has 3 N–H and O–H groups in total. The first-order valence-corrected chi connectivity index (χ1v) is 4.95. The van der Waals surface area contributed by atoms with Crippen LogP contribution in [0.4, 0.5) is 4.79 Å². The van der Waals surface area contributed by atoms with Crippen LogP contribution in [0.5, 0.6) is 0 Å². The van der Waals surface area contributed by atoms with Gasteiger partial charge >= 0.3 is 6.09 Å². The fourth-order valence-electron chi connectivity index (χ4n) is 2.44. The summed E-state index contributed by atoms with van der Waals surface area (Å²) in [5.41, 5.74) is 0. The van der Waals surface area contributed by atoms with Gasteiger partial charge in [-0.25, -0.2) is 4.79 Å². The van der Waals surface area contributed by atoms with Crippen LogP contribution in [0.1, 0.15) is 25.7 Å². The molecular formula is C9H14N2O3. The molecule has 78 valence electrons. The highest BCUT2D eigenvalue weighted by atomic mass is 16.4. The standard InChI is InChI=1S/C9H14N2O3/c12-8-7(11-9(13)14)4-5-1-2-6(3-5)10-8/h5-7,11H,1-4H2,(H,10,12)(H,13,14)/t5-,6+,7+/m0/s1. The first-order chi connectivity index (χ1) is 6.65. The van der Waals surface area contributed by atoms with Crippen LogP contribution in [0.3, 0.4) is 0 Å². The molecule has 1 saturated carbocycles. The van der Waals surface area contributed by atoms with Crippen LogP contribution >= 0.6 is 0 Å². The van der Waals surface area contributed by atoms with E-state index in [9.17, 15) is 9.59 Å². The third kappa shape index (κ3) is 1.81. The molecule has 2 bridgehead atoms. The fraction of sp³-hybridized carbons (Fsp3) is 0.778. The van der Waals surface area contributed by atoms with E-state index >= 15 is 0 Å². The lowest BCUT2D eigenvalue weighted by molar-refractivity contribution is -0.123. The van der Waals surface area contributed by atoms with Crippen molar-refractivity contribution < 1.29 is 14.7 Å². The molecule has 0 radical (unpaired) electrons. The van der Waals surface area contributed by atoms with Crippen LogP contribution in [0.15, 0.2) is 0 Å². The number of rotatable bonds is 1. The predicted octanol–water partition coefficient (Wildman–Crippen LogP) is 0.311. The van der Waals surface area contributed by atoms with Crippen molar-refractivity contribution in [3.8, 4) is 0 Å². The van der Waals surface area contributed by atoms with Gasteiger partial charge in [0.05, 0.1) is 0 Å². The second kappa shape index (κ2) is 3.48. The molecule has 1 aliphatic heterocycles. The second-order valence-corrected chi connectivity index (χ2v) is 4.12. The van der Waals surface area contributed by atoms with Crippen molar-refractivity contribution >= 4 is 12.0 Å². The minimum Gasteiger partial charge on any atom is -0.465 e. The number of hydrogen-bond acceptors (Lipinski definition) is 2. The molecule has 2 fully saturated rings. The molecule has 2 rings (SSSR count). The summed E-state index contributed by atoms with van der Waals surface area (Å²) in [6, 6.07) is -0.282. The van der Waals surface area contributed by atoms with Gasteiger partial charge in [0.1, 0.15) is 6.04 Å². The second-order valence-electron chi connectivity index (χ2n) is 4.12. The molecule has 0 aromatic rings. The molecule has 5 nitrogen and oxygen atoms in total. The van der Waals surface area contributed by atoms with Gasteiger partial charge in [-0.3, -0.25) is 4.79 Å². The van der Waals surface area contributed by atoms with Crippen LogP contribution < -0.4 is 10.6 Å². The number of hydrogen-bond donors (Lipinski definition) is 3. The van der Waals surface area contributed by atoms with Crippen LogP contribution in [0.2, 0.25) is 0 Å². The molecule has 1 aliphatic carbocycles. The fourth-order valence-corrected chi connectivity index (χ4v) is 2.44. The van der Waals surface area contributed by atoms with Crippen molar-refractivity contribution in [2.75, 3.05) is 0 Å². The summed E-state index contributed by atoms with van der Waals surface area (Å²) >= 11 is 0. The maximum absolute atomic E-state index is 11.5. The molecular weight excluding hydrogens is 184 g/mol. The van der Waals surface area contributed by atoms with Gasteiger partial charge in [-0.15, -0.1) is 0 Å². The number of amides is 2. The minimum absolute atomic E-state index is 0.167. The van der Waals surface area contributed by atoms with E-state index in [2.05, 4.69) is 10.6 Å². The Kier molecular flexibility index (Phi) is 2.31. The minimum atomic E-state index is -1.12. The predicted molar refractivity (Wildman–Crippen MR) is 48.8 cm³/mol. The van der Waals surface area contributed by atoms with Crippen LogP contribution in [-0.2, 0) is 4.79 Å². The van der Waals surface area contributed by atoms with E-state index in [1.54, 1.807) is 0 Å². The first kappa shape index (κ1) is 9.30. The summed E-state index contributed by atoms with van der Waals surface area (Å²) in [4.78, 5) is 21.9. The summed E-state index contributed by atoms with van der Waals surface area (Å²) < 4.78 is 0. The van der Waals surface area contributed by atoms with Crippen LogP contribution in [0.25, 0.3) is 0 Å². The van der Waals surface area contributed by atoms with Crippen molar-refractivity contribution in [3.05, 3.63) is 0 Å². The van der Waals surface area contributed by atoms with E-state index in [-0.39, 0.29) is 11.9 Å². The Hall–Kier alpha value is -1.26. The highest BCUT2D eigenvalue weighted by molar-refractivity contribution is 5.85. The van der Waals surface area contributed by atoms with Gasteiger partial charge in [0.2, 0.25) is 5.91 Å².